The standard InChI is InChI=1S/C26H29ClF2N6O4S2/c1-25(2,3)39-24(36)35-14-5-6-15(35)10-13(9-14)17-11-16(41(37,38)33-26(4)7-8-26)12-34-18(17)19(27)30-21(34)23-32-31-22(40-23)20(28)29/h9,11-12,14-15,20,33H,5-8,10H2,1-4H3. The minimum atomic E-state index is -3.97. The molecule has 0 radical (unpaired) electrons. The first-order valence-corrected chi connectivity index (χ1v) is 15.9. The summed E-state index contributed by atoms with van der Waals surface area (Å²) >= 11 is 7.31. The number of nitrogens with zero attached hydrogens (tertiary/aromatic N) is 5. The number of hydrogen-bond donors (Lipinski definition) is 1. The first-order chi connectivity index (χ1) is 19.1. The zero-order chi connectivity index (χ0) is 29.5. The Balaban J connectivity index is 1.49. The van der Waals surface area contributed by atoms with E-state index in [2.05, 4.69) is 19.9 Å². The minimum Gasteiger partial charge on any atom is -0.444 e. The van der Waals surface area contributed by atoms with Crippen LogP contribution in [0.2, 0.25) is 5.15 Å². The van der Waals surface area contributed by atoms with Crippen LogP contribution in [0.25, 0.3) is 21.9 Å². The van der Waals surface area contributed by atoms with Crippen LogP contribution in [-0.2, 0) is 14.8 Å². The van der Waals surface area contributed by atoms with Crippen molar-refractivity contribution in [3.8, 4) is 10.8 Å². The lowest BCUT2D eigenvalue weighted by molar-refractivity contribution is 0.0175. The molecule has 1 saturated carbocycles. The number of carbonyl (C=O) groups is 1. The highest BCUT2D eigenvalue weighted by Gasteiger charge is 2.44. The van der Waals surface area contributed by atoms with Crippen LogP contribution < -0.4 is 4.72 Å². The second-order valence-corrected chi connectivity index (χ2v) is 15.1. The van der Waals surface area contributed by atoms with Crippen molar-refractivity contribution in [1.29, 1.82) is 0 Å². The molecule has 1 saturated heterocycles. The van der Waals surface area contributed by atoms with Crippen molar-refractivity contribution in [2.75, 3.05) is 0 Å². The second-order valence-electron chi connectivity index (χ2n) is 12.0. The molecule has 1 N–H and O–H groups in total. The summed E-state index contributed by atoms with van der Waals surface area (Å²) in [5.41, 5.74) is 0.610. The average Bonchev–Trinajstić information content (AvgIpc) is 3.18. The van der Waals surface area contributed by atoms with E-state index in [0.717, 1.165) is 31.3 Å². The summed E-state index contributed by atoms with van der Waals surface area (Å²) in [7, 11) is -3.97. The van der Waals surface area contributed by atoms with Crippen LogP contribution in [0.5, 0.6) is 0 Å². The number of hydrogen-bond acceptors (Lipinski definition) is 8. The van der Waals surface area contributed by atoms with Gasteiger partial charge < -0.3 is 4.74 Å². The molecule has 6 rings (SSSR count). The van der Waals surface area contributed by atoms with Crippen LogP contribution in [0, 0.1) is 0 Å². The van der Waals surface area contributed by atoms with Gasteiger partial charge in [0, 0.05) is 23.3 Å². The first kappa shape index (κ1) is 28.4. The predicted octanol–water partition coefficient (Wildman–Crippen LogP) is 5.83. The van der Waals surface area contributed by atoms with Gasteiger partial charge in [-0.15, -0.1) is 10.2 Å². The maximum Gasteiger partial charge on any atom is 0.411 e. The van der Waals surface area contributed by atoms with E-state index in [-0.39, 0.29) is 39.1 Å². The van der Waals surface area contributed by atoms with Gasteiger partial charge in [-0.2, -0.15) is 0 Å². The van der Waals surface area contributed by atoms with Crippen molar-refractivity contribution in [3.05, 3.63) is 34.1 Å². The number of pyridine rings is 1. The smallest absolute Gasteiger partial charge is 0.411 e. The molecule has 1 aliphatic carbocycles. The Morgan fingerprint density at radius 1 is 1.27 bits per heavy atom. The molecule has 2 aliphatic heterocycles. The van der Waals surface area contributed by atoms with Crippen LogP contribution >= 0.6 is 22.9 Å². The van der Waals surface area contributed by atoms with Crippen molar-refractivity contribution < 1.29 is 26.7 Å². The third-order valence-corrected chi connectivity index (χ3v) is 10.3. The third-order valence-electron chi connectivity index (χ3n) is 7.52. The van der Waals surface area contributed by atoms with Gasteiger partial charge in [-0.3, -0.25) is 9.30 Å². The summed E-state index contributed by atoms with van der Waals surface area (Å²) in [4.78, 5) is 19.1. The molecule has 2 atom stereocenters. The zero-order valence-electron chi connectivity index (χ0n) is 22.8. The molecule has 1 amide bonds. The van der Waals surface area contributed by atoms with Gasteiger partial charge in [-0.1, -0.05) is 29.0 Å². The Hall–Kier alpha value is -2.68. The first-order valence-electron chi connectivity index (χ1n) is 13.2. The van der Waals surface area contributed by atoms with E-state index in [0.29, 0.717) is 28.8 Å². The molecule has 2 bridgehead atoms. The largest absolute Gasteiger partial charge is 0.444 e. The van der Waals surface area contributed by atoms with Crippen LogP contribution in [0.4, 0.5) is 13.6 Å². The van der Waals surface area contributed by atoms with Gasteiger partial charge in [0.1, 0.15) is 5.60 Å². The number of ether oxygens (including phenoxy) is 1. The van der Waals surface area contributed by atoms with E-state index in [4.69, 9.17) is 16.3 Å². The summed E-state index contributed by atoms with van der Waals surface area (Å²) in [6.07, 6.45) is 3.53. The summed E-state index contributed by atoms with van der Waals surface area (Å²) in [5, 5.41) is 7.10. The molecule has 2 fully saturated rings. The Morgan fingerprint density at radius 2 is 2.00 bits per heavy atom. The van der Waals surface area contributed by atoms with Gasteiger partial charge in [0.2, 0.25) is 10.0 Å². The van der Waals surface area contributed by atoms with Gasteiger partial charge in [0.05, 0.1) is 16.5 Å². The summed E-state index contributed by atoms with van der Waals surface area (Å²) in [6.45, 7) is 7.29. The highest BCUT2D eigenvalue weighted by Crippen LogP contribution is 2.43. The molecule has 15 heteroatoms. The summed E-state index contributed by atoms with van der Waals surface area (Å²) < 4.78 is 63.6. The number of nitrogens with one attached hydrogen (secondary N) is 1. The number of alkyl halides is 2. The van der Waals surface area contributed by atoms with E-state index >= 15 is 0 Å². The number of amides is 1. The van der Waals surface area contributed by atoms with Gasteiger partial charge >= 0.3 is 6.09 Å². The van der Waals surface area contributed by atoms with Crippen LogP contribution in [0.3, 0.4) is 0 Å². The fourth-order valence-corrected chi connectivity index (χ4v) is 7.85. The Kier molecular flexibility index (Phi) is 6.71. The van der Waals surface area contributed by atoms with E-state index in [1.165, 1.54) is 10.6 Å². The second kappa shape index (κ2) is 9.68. The van der Waals surface area contributed by atoms with E-state index in [1.54, 1.807) is 11.0 Å². The Bertz CT molecular complexity index is 1690. The van der Waals surface area contributed by atoms with Crippen molar-refractivity contribution in [2.45, 2.75) is 94.3 Å². The minimum absolute atomic E-state index is 0.0233. The van der Waals surface area contributed by atoms with Crippen molar-refractivity contribution >= 4 is 50.1 Å². The number of sulfonamides is 1. The monoisotopic (exact) mass is 626 g/mol. The molecule has 220 valence electrons. The molecule has 5 heterocycles. The third kappa shape index (κ3) is 5.35. The number of halogens is 3. The lowest BCUT2D eigenvalue weighted by atomic mass is 9.95. The predicted molar refractivity (Wildman–Crippen MR) is 149 cm³/mol. The van der Waals surface area contributed by atoms with Gasteiger partial charge in [0.15, 0.2) is 21.0 Å². The lowest BCUT2D eigenvalue weighted by Crippen LogP contribution is -2.45. The van der Waals surface area contributed by atoms with Crippen LogP contribution in [0.15, 0.2) is 23.2 Å². The van der Waals surface area contributed by atoms with Crippen LogP contribution in [-0.4, -0.2) is 62.2 Å². The number of aromatic nitrogens is 4. The fourth-order valence-electron chi connectivity index (χ4n) is 5.40. The fraction of sp³-hybridized carbons (Fsp3) is 0.538. The molecular weight excluding hydrogens is 598 g/mol. The molecule has 3 aromatic rings. The average molecular weight is 627 g/mol. The highest BCUT2D eigenvalue weighted by atomic mass is 35.5. The maximum absolute atomic E-state index is 13.5. The molecular formula is C26H29ClF2N6O4S2. The lowest BCUT2D eigenvalue weighted by Gasteiger charge is -2.35. The molecule has 3 aliphatic rings. The summed E-state index contributed by atoms with van der Waals surface area (Å²) in [6, 6.07) is 1.19. The van der Waals surface area contributed by atoms with Gasteiger partial charge in [-0.25, -0.2) is 31.7 Å². The van der Waals surface area contributed by atoms with Crippen molar-refractivity contribution in [3.63, 3.8) is 0 Å². The quantitative estimate of drug-likeness (QED) is 0.366. The summed E-state index contributed by atoms with van der Waals surface area (Å²) in [5.74, 6) is 0.111. The van der Waals surface area contributed by atoms with Gasteiger partial charge in [-0.05, 0) is 71.4 Å². The van der Waals surface area contributed by atoms with Crippen molar-refractivity contribution in [1.82, 2.24) is 29.2 Å². The number of rotatable bonds is 6. The Labute approximate surface area is 244 Å². The molecule has 10 nitrogen and oxygen atoms in total. The van der Waals surface area contributed by atoms with Crippen LogP contribution in [0.1, 0.15) is 76.8 Å². The molecule has 3 aromatic heterocycles. The SMILES string of the molecule is CC1(NS(=O)(=O)c2cc(C3=CC4CCC(C3)N4C(=O)OC(C)(C)C)c3c(Cl)nc(-c4nnc(C(F)F)s4)n3c2)CC1. The zero-order valence-corrected chi connectivity index (χ0v) is 25.2. The van der Waals surface area contributed by atoms with Crippen molar-refractivity contribution in [2.24, 2.45) is 0 Å². The van der Waals surface area contributed by atoms with Gasteiger partial charge in [0.25, 0.3) is 6.43 Å². The number of imidazole rings is 1. The van der Waals surface area contributed by atoms with E-state index < -0.39 is 32.6 Å². The Morgan fingerprint density at radius 3 is 2.61 bits per heavy atom. The molecule has 0 aromatic carbocycles. The van der Waals surface area contributed by atoms with E-state index in [9.17, 15) is 22.0 Å². The molecule has 2 unspecified atom stereocenters. The number of fused-ring (bicyclic) bond motifs is 3. The molecule has 0 spiro atoms. The normalized spacial score (nSPS) is 22.0. The molecule has 41 heavy (non-hydrogen) atoms. The highest BCUT2D eigenvalue weighted by molar-refractivity contribution is 7.89. The maximum atomic E-state index is 13.5. The topological polar surface area (TPSA) is 119 Å². The van der Waals surface area contributed by atoms with E-state index in [1.807, 2.05) is 33.8 Å². The number of carbonyl (C=O) groups excluding carboxylic acids is 1.